The lowest BCUT2D eigenvalue weighted by Gasteiger charge is -2.63. The van der Waals surface area contributed by atoms with Gasteiger partial charge in [0.15, 0.2) is 6.61 Å². The van der Waals surface area contributed by atoms with Gasteiger partial charge in [-0.3, -0.25) is 4.79 Å². The van der Waals surface area contributed by atoms with Gasteiger partial charge in [0.2, 0.25) is 0 Å². The van der Waals surface area contributed by atoms with Gasteiger partial charge in [-0.25, -0.2) is 4.79 Å². The second kappa shape index (κ2) is 10.9. The molecule has 0 saturated heterocycles. The lowest BCUT2D eigenvalue weighted by molar-refractivity contribution is -0.201. The molecule has 0 amide bonds. The first-order valence-electron chi connectivity index (χ1n) is 14.7. The second-order valence-corrected chi connectivity index (χ2v) is 13.6. The molecule has 36 heavy (non-hydrogen) atoms. The Labute approximate surface area is 217 Å². The molecule has 10 unspecified atom stereocenters. The van der Waals surface area contributed by atoms with E-state index in [-0.39, 0.29) is 59.8 Å². The maximum absolute atomic E-state index is 12.3. The molecule has 0 aromatic heterocycles. The zero-order chi connectivity index (χ0) is 26.3. The molecule has 4 fully saturated rings. The van der Waals surface area contributed by atoms with E-state index in [1.165, 1.54) is 25.7 Å². The molecular formula is C30H50O6. The molecule has 4 aliphatic carbocycles. The summed E-state index contributed by atoms with van der Waals surface area (Å²) in [7, 11) is 0. The first kappa shape index (κ1) is 27.9. The number of hydrogen-bond donors (Lipinski definition) is 2. The highest BCUT2D eigenvalue weighted by Crippen LogP contribution is 2.68. The van der Waals surface area contributed by atoms with E-state index in [4.69, 9.17) is 9.47 Å². The van der Waals surface area contributed by atoms with Crippen LogP contribution in [0, 0.1) is 52.3 Å². The van der Waals surface area contributed by atoms with Gasteiger partial charge < -0.3 is 19.7 Å². The number of carbonyl (C=O) groups is 2. The number of hydrogen-bond acceptors (Lipinski definition) is 6. The molecule has 6 nitrogen and oxygen atoms in total. The van der Waals surface area contributed by atoms with Crippen LogP contribution in [0.2, 0.25) is 0 Å². The minimum absolute atomic E-state index is 0.232. The van der Waals surface area contributed by atoms with E-state index >= 15 is 0 Å². The molecule has 2 N–H and O–H groups in total. The fourth-order valence-corrected chi connectivity index (χ4v) is 9.25. The van der Waals surface area contributed by atoms with E-state index in [0.717, 1.165) is 25.7 Å². The number of fused-ring (bicyclic) bond motifs is 5. The van der Waals surface area contributed by atoms with E-state index in [1.807, 2.05) is 13.8 Å². The summed E-state index contributed by atoms with van der Waals surface area (Å²) in [4.78, 5) is 24.1. The van der Waals surface area contributed by atoms with Crippen LogP contribution in [0.4, 0.5) is 0 Å². The Morgan fingerprint density at radius 2 is 1.69 bits per heavy atom. The third-order valence-corrected chi connectivity index (χ3v) is 11.2. The van der Waals surface area contributed by atoms with Crippen molar-refractivity contribution in [3.63, 3.8) is 0 Å². The topological polar surface area (TPSA) is 93.1 Å². The molecule has 206 valence electrons. The number of aliphatic hydroxyl groups is 2. The maximum Gasteiger partial charge on any atom is 0.344 e. The van der Waals surface area contributed by atoms with E-state index in [9.17, 15) is 19.8 Å². The Bertz CT molecular complexity index is 796. The van der Waals surface area contributed by atoms with Crippen molar-refractivity contribution >= 4 is 11.9 Å². The summed E-state index contributed by atoms with van der Waals surface area (Å²) >= 11 is 0. The van der Waals surface area contributed by atoms with Crippen molar-refractivity contribution in [2.75, 3.05) is 13.2 Å². The van der Waals surface area contributed by atoms with Crippen LogP contribution in [0.5, 0.6) is 0 Å². The summed E-state index contributed by atoms with van der Waals surface area (Å²) in [5, 5.41) is 23.1. The Balaban J connectivity index is 1.37. The highest BCUT2D eigenvalue weighted by Gasteiger charge is 2.65. The molecular weight excluding hydrogens is 456 g/mol. The second-order valence-electron chi connectivity index (χ2n) is 13.6. The molecule has 0 heterocycles. The minimum Gasteiger partial charge on any atom is -0.463 e. The summed E-state index contributed by atoms with van der Waals surface area (Å²) in [5.41, 5.74) is 0.0121. The number of ether oxygens (including phenoxy) is 2. The normalized spacial score (nSPS) is 42.7. The van der Waals surface area contributed by atoms with E-state index in [1.54, 1.807) is 0 Å². The predicted molar refractivity (Wildman–Crippen MR) is 138 cm³/mol. The van der Waals surface area contributed by atoms with E-state index in [0.29, 0.717) is 36.7 Å². The van der Waals surface area contributed by atoms with Crippen molar-refractivity contribution in [1.29, 1.82) is 0 Å². The smallest absolute Gasteiger partial charge is 0.344 e. The highest BCUT2D eigenvalue weighted by atomic mass is 16.6. The van der Waals surface area contributed by atoms with E-state index < -0.39 is 5.97 Å². The molecule has 0 aromatic rings. The number of esters is 2. The summed E-state index contributed by atoms with van der Waals surface area (Å²) in [5.74, 6) is 1.53. The summed E-state index contributed by atoms with van der Waals surface area (Å²) < 4.78 is 10.2. The lowest BCUT2D eigenvalue weighted by atomic mass is 9.43. The van der Waals surface area contributed by atoms with Crippen molar-refractivity contribution in [3.05, 3.63) is 0 Å². The third kappa shape index (κ3) is 5.10. The first-order chi connectivity index (χ1) is 17.0. The van der Waals surface area contributed by atoms with Gasteiger partial charge in [0.1, 0.15) is 0 Å². The predicted octanol–water partition coefficient (Wildman–Crippen LogP) is 5.14. The van der Waals surface area contributed by atoms with Crippen molar-refractivity contribution in [1.82, 2.24) is 0 Å². The van der Waals surface area contributed by atoms with Gasteiger partial charge in [0, 0.05) is 6.42 Å². The zero-order valence-electron chi connectivity index (χ0n) is 23.2. The molecule has 0 radical (unpaired) electrons. The summed E-state index contributed by atoms with van der Waals surface area (Å²) in [6.07, 6.45) is 9.11. The standard InChI is InChI=1S/C30H50O6/c1-18(2)16-35-27(34)17-36-26(33)12-9-19(3)21-10-11-22-28-23(15-25(32)30(21,22)5)29(4)13-7-6-8-20(29)14-24(28)31/h18-25,28,31-32H,6-17H2,1-5H3. The van der Waals surface area contributed by atoms with Crippen molar-refractivity contribution in [2.24, 2.45) is 52.3 Å². The van der Waals surface area contributed by atoms with Gasteiger partial charge in [-0.2, -0.15) is 0 Å². The molecule has 0 aliphatic heterocycles. The van der Waals surface area contributed by atoms with Crippen LogP contribution in [0.1, 0.15) is 98.8 Å². The van der Waals surface area contributed by atoms with Crippen LogP contribution in [-0.4, -0.2) is 47.6 Å². The quantitative estimate of drug-likeness (QED) is 0.443. The average Bonchev–Trinajstić information content (AvgIpc) is 3.19. The van der Waals surface area contributed by atoms with Crippen LogP contribution in [0.15, 0.2) is 0 Å². The molecule has 10 atom stereocenters. The van der Waals surface area contributed by atoms with Crippen molar-refractivity contribution in [2.45, 2.75) is 111 Å². The van der Waals surface area contributed by atoms with Crippen LogP contribution in [-0.2, 0) is 19.1 Å². The largest absolute Gasteiger partial charge is 0.463 e. The van der Waals surface area contributed by atoms with Crippen molar-refractivity contribution in [3.8, 4) is 0 Å². The molecule has 0 bridgehead atoms. The number of carbonyl (C=O) groups excluding carboxylic acids is 2. The Kier molecular flexibility index (Phi) is 8.46. The summed E-state index contributed by atoms with van der Waals surface area (Å²) in [6, 6.07) is 0. The lowest BCUT2D eigenvalue weighted by Crippen LogP contribution is -2.61. The van der Waals surface area contributed by atoms with Gasteiger partial charge in [-0.1, -0.05) is 47.5 Å². The van der Waals surface area contributed by atoms with Gasteiger partial charge in [-0.15, -0.1) is 0 Å². The van der Waals surface area contributed by atoms with Crippen LogP contribution in [0.25, 0.3) is 0 Å². The molecule has 6 heteroatoms. The maximum atomic E-state index is 12.3. The van der Waals surface area contributed by atoms with Gasteiger partial charge >= 0.3 is 11.9 Å². The van der Waals surface area contributed by atoms with Crippen LogP contribution in [0.3, 0.4) is 0 Å². The van der Waals surface area contributed by atoms with Crippen molar-refractivity contribution < 1.29 is 29.3 Å². The Morgan fingerprint density at radius 1 is 0.944 bits per heavy atom. The molecule has 4 saturated carbocycles. The first-order valence-corrected chi connectivity index (χ1v) is 14.7. The number of aliphatic hydroxyl groups excluding tert-OH is 2. The summed E-state index contributed by atoms with van der Waals surface area (Å²) in [6.45, 7) is 10.8. The molecule has 4 rings (SSSR count). The average molecular weight is 507 g/mol. The Hall–Kier alpha value is -1.14. The monoisotopic (exact) mass is 506 g/mol. The SMILES string of the molecule is CC(C)COC(=O)COC(=O)CCC(C)C1CCC2C3C(O)CC4CCCCC4(C)C3CC(O)C12C. The zero-order valence-corrected chi connectivity index (χ0v) is 23.2. The molecule has 4 aliphatic rings. The third-order valence-electron chi connectivity index (χ3n) is 11.2. The van der Waals surface area contributed by atoms with E-state index in [2.05, 4.69) is 20.8 Å². The van der Waals surface area contributed by atoms with Gasteiger partial charge in [0.25, 0.3) is 0 Å². The van der Waals surface area contributed by atoms with Crippen LogP contribution < -0.4 is 0 Å². The minimum atomic E-state index is -0.504. The molecule has 0 spiro atoms. The number of rotatable bonds is 8. The van der Waals surface area contributed by atoms with Gasteiger partial charge in [-0.05, 0) is 97.2 Å². The highest BCUT2D eigenvalue weighted by molar-refractivity contribution is 5.76. The van der Waals surface area contributed by atoms with Gasteiger partial charge in [0.05, 0.1) is 18.8 Å². The molecule has 0 aromatic carbocycles. The Morgan fingerprint density at radius 3 is 2.42 bits per heavy atom. The fraction of sp³-hybridized carbons (Fsp3) is 0.933. The fourth-order valence-electron chi connectivity index (χ4n) is 9.25. The van der Waals surface area contributed by atoms with Crippen LogP contribution >= 0.6 is 0 Å².